The van der Waals surface area contributed by atoms with Crippen molar-refractivity contribution in [2.45, 2.75) is 52.4 Å². The highest BCUT2D eigenvalue weighted by molar-refractivity contribution is 5.94. The molecule has 0 fully saturated rings. The summed E-state index contributed by atoms with van der Waals surface area (Å²) in [5, 5.41) is 2.96. The van der Waals surface area contributed by atoms with Gasteiger partial charge in [0.1, 0.15) is 0 Å². The van der Waals surface area contributed by atoms with Crippen LogP contribution in [0.4, 0.5) is 0 Å². The third-order valence-corrected chi connectivity index (χ3v) is 3.10. The first-order valence-corrected chi connectivity index (χ1v) is 7.15. The minimum Gasteiger partial charge on any atom is -0.352 e. The Kier molecular flexibility index (Phi) is 7.16. The van der Waals surface area contributed by atoms with Gasteiger partial charge in [-0.3, -0.25) is 4.79 Å². The van der Waals surface area contributed by atoms with Crippen LogP contribution in [0.15, 0.2) is 24.3 Å². The van der Waals surface area contributed by atoms with E-state index in [1.165, 1.54) is 31.2 Å². The Labute approximate surface area is 111 Å². The molecule has 1 N–H and O–H groups in total. The Morgan fingerprint density at radius 1 is 1.00 bits per heavy atom. The molecule has 1 aromatic rings. The Bertz CT molecular complexity index is 343. The van der Waals surface area contributed by atoms with E-state index in [0.29, 0.717) is 0 Å². The van der Waals surface area contributed by atoms with Crippen LogP contribution in [0.25, 0.3) is 0 Å². The number of hydrogen-bond acceptors (Lipinski definition) is 1. The molecule has 0 heterocycles. The summed E-state index contributed by atoms with van der Waals surface area (Å²) in [5.74, 6) is 0.0492. The number of nitrogens with one attached hydrogen (secondary N) is 1. The maximum atomic E-state index is 11.8. The lowest BCUT2D eigenvalue weighted by Gasteiger charge is -2.06. The number of unbranched alkanes of at least 4 members (excludes halogenated alkanes) is 3. The van der Waals surface area contributed by atoms with Crippen LogP contribution in [0, 0.1) is 0 Å². The molecule has 0 saturated carbocycles. The lowest BCUT2D eigenvalue weighted by molar-refractivity contribution is 0.0953. The zero-order valence-corrected chi connectivity index (χ0v) is 11.7. The summed E-state index contributed by atoms with van der Waals surface area (Å²) in [6.45, 7) is 5.14. The second kappa shape index (κ2) is 8.73. The van der Waals surface area contributed by atoms with Crippen molar-refractivity contribution in [1.29, 1.82) is 0 Å². The first-order valence-electron chi connectivity index (χ1n) is 7.15. The zero-order chi connectivity index (χ0) is 13.2. The maximum absolute atomic E-state index is 11.8. The number of amides is 1. The maximum Gasteiger partial charge on any atom is 0.251 e. The summed E-state index contributed by atoms with van der Waals surface area (Å²) in [7, 11) is 0. The predicted octanol–water partition coefficient (Wildman–Crippen LogP) is 3.95. The molecule has 0 unspecified atom stereocenters. The molecule has 0 atom stereocenters. The van der Waals surface area contributed by atoms with Gasteiger partial charge >= 0.3 is 0 Å². The molecule has 0 spiro atoms. The van der Waals surface area contributed by atoms with Crippen molar-refractivity contribution in [3.63, 3.8) is 0 Å². The molecule has 0 aromatic heterocycles. The van der Waals surface area contributed by atoms with Crippen LogP contribution in [0.5, 0.6) is 0 Å². The van der Waals surface area contributed by atoms with Crippen LogP contribution < -0.4 is 5.32 Å². The van der Waals surface area contributed by atoms with E-state index >= 15 is 0 Å². The second-order valence-corrected chi connectivity index (χ2v) is 4.76. The standard InChI is InChI=1S/C16H25NO/c1-3-5-7-13-17-16(18)15-11-9-14(10-12-15)8-6-4-2/h9-12H,3-8,13H2,1-2H3,(H,17,18). The SMILES string of the molecule is CCCCCNC(=O)c1ccc(CCCC)cc1. The minimum atomic E-state index is 0.0492. The molecule has 0 radical (unpaired) electrons. The average molecular weight is 247 g/mol. The lowest BCUT2D eigenvalue weighted by Crippen LogP contribution is -2.24. The number of rotatable bonds is 8. The highest BCUT2D eigenvalue weighted by Gasteiger charge is 2.04. The van der Waals surface area contributed by atoms with Crippen molar-refractivity contribution in [2.75, 3.05) is 6.54 Å². The van der Waals surface area contributed by atoms with Gasteiger partial charge in [-0.15, -0.1) is 0 Å². The Morgan fingerprint density at radius 2 is 1.67 bits per heavy atom. The first kappa shape index (κ1) is 14.7. The van der Waals surface area contributed by atoms with Crippen LogP contribution in [0.1, 0.15) is 61.9 Å². The van der Waals surface area contributed by atoms with Crippen molar-refractivity contribution in [2.24, 2.45) is 0 Å². The highest BCUT2D eigenvalue weighted by Crippen LogP contribution is 2.08. The van der Waals surface area contributed by atoms with Crippen molar-refractivity contribution < 1.29 is 4.79 Å². The van der Waals surface area contributed by atoms with Gasteiger partial charge in [-0.1, -0.05) is 45.2 Å². The number of carbonyl (C=O) groups is 1. The van der Waals surface area contributed by atoms with E-state index in [4.69, 9.17) is 0 Å². The average Bonchev–Trinajstić information content (AvgIpc) is 2.41. The van der Waals surface area contributed by atoms with Crippen LogP contribution >= 0.6 is 0 Å². The highest BCUT2D eigenvalue weighted by atomic mass is 16.1. The van der Waals surface area contributed by atoms with Gasteiger partial charge < -0.3 is 5.32 Å². The molecule has 0 aliphatic carbocycles. The van der Waals surface area contributed by atoms with Crippen LogP contribution in [-0.2, 0) is 6.42 Å². The van der Waals surface area contributed by atoms with Gasteiger partial charge in [0.05, 0.1) is 0 Å². The van der Waals surface area contributed by atoms with E-state index in [-0.39, 0.29) is 5.91 Å². The number of carbonyl (C=O) groups excluding carboxylic acids is 1. The molecule has 1 amide bonds. The molecule has 2 nitrogen and oxygen atoms in total. The normalized spacial score (nSPS) is 10.3. The summed E-state index contributed by atoms with van der Waals surface area (Å²) in [6, 6.07) is 7.99. The Hall–Kier alpha value is -1.31. The molecule has 0 aliphatic heterocycles. The summed E-state index contributed by atoms with van der Waals surface area (Å²) in [4.78, 5) is 11.8. The van der Waals surface area contributed by atoms with Crippen molar-refractivity contribution >= 4 is 5.91 Å². The largest absolute Gasteiger partial charge is 0.352 e. The fraction of sp³-hybridized carbons (Fsp3) is 0.562. The zero-order valence-electron chi connectivity index (χ0n) is 11.7. The summed E-state index contributed by atoms with van der Waals surface area (Å²) < 4.78 is 0. The van der Waals surface area contributed by atoms with Crippen molar-refractivity contribution in [1.82, 2.24) is 5.32 Å². The molecule has 100 valence electrons. The summed E-state index contributed by atoms with van der Waals surface area (Å²) in [5.41, 5.74) is 2.09. The molecular weight excluding hydrogens is 222 g/mol. The third-order valence-electron chi connectivity index (χ3n) is 3.10. The topological polar surface area (TPSA) is 29.1 Å². The fourth-order valence-corrected chi connectivity index (χ4v) is 1.88. The monoisotopic (exact) mass is 247 g/mol. The van der Waals surface area contributed by atoms with Gasteiger partial charge in [0.25, 0.3) is 5.91 Å². The number of benzene rings is 1. The van der Waals surface area contributed by atoms with Gasteiger partial charge in [-0.25, -0.2) is 0 Å². The molecule has 2 heteroatoms. The molecule has 1 rings (SSSR count). The number of aryl methyl sites for hydroxylation is 1. The molecule has 0 saturated heterocycles. The minimum absolute atomic E-state index is 0.0492. The van der Waals surface area contributed by atoms with Gasteiger partial charge in [-0.05, 0) is 37.0 Å². The second-order valence-electron chi connectivity index (χ2n) is 4.76. The molecule has 1 aromatic carbocycles. The lowest BCUT2D eigenvalue weighted by atomic mass is 10.1. The van der Waals surface area contributed by atoms with Gasteiger partial charge in [0, 0.05) is 12.1 Å². The van der Waals surface area contributed by atoms with Crippen LogP contribution in [0.3, 0.4) is 0 Å². The van der Waals surface area contributed by atoms with Gasteiger partial charge in [0.2, 0.25) is 0 Å². The quantitative estimate of drug-likeness (QED) is 0.692. The molecule has 0 bridgehead atoms. The predicted molar refractivity (Wildman–Crippen MR) is 76.9 cm³/mol. The summed E-state index contributed by atoms with van der Waals surface area (Å²) >= 11 is 0. The Morgan fingerprint density at radius 3 is 2.28 bits per heavy atom. The molecular formula is C16H25NO. The van der Waals surface area contributed by atoms with Crippen molar-refractivity contribution in [3.05, 3.63) is 35.4 Å². The first-order chi connectivity index (χ1) is 8.77. The van der Waals surface area contributed by atoms with E-state index in [1.54, 1.807) is 0 Å². The van der Waals surface area contributed by atoms with Gasteiger partial charge in [0.15, 0.2) is 0 Å². The summed E-state index contributed by atoms with van der Waals surface area (Å²) in [6.07, 6.45) is 6.95. The van der Waals surface area contributed by atoms with E-state index in [9.17, 15) is 4.79 Å². The smallest absolute Gasteiger partial charge is 0.251 e. The molecule has 0 aliphatic rings. The van der Waals surface area contributed by atoms with Crippen molar-refractivity contribution in [3.8, 4) is 0 Å². The van der Waals surface area contributed by atoms with Crippen LogP contribution in [-0.4, -0.2) is 12.5 Å². The third kappa shape index (κ3) is 5.35. The van der Waals surface area contributed by atoms with E-state index < -0.39 is 0 Å². The van der Waals surface area contributed by atoms with Gasteiger partial charge in [-0.2, -0.15) is 0 Å². The number of hydrogen-bond donors (Lipinski definition) is 1. The fourth-order valence-electron chi connectivity index (χ4n) is 1.88. The van der Waals surface area contributed by atoms with E-state index in [1.807, 2.05) is 12.1 Å². The van der Waals surface area contributed by atoms with Crippen LogP contribution in [0.2, 0.25) is 0 Å². The Balaban J connectivity index is 2.38. The van der Waals surface area contributed by atoms with E-state index in [0.717, 1.165) is 24.9 Å². The molecule has 18 heavy (non-hydrogen) atoms. The van der Waals surface area contributed by atoms with E-state index in [2.05, 4.69) is 31.3 Å².